The molecule has 2 unspecified atom stereocenters. The Balaban J connectivity index is 0.00000137. The molecule has 0 bridgehead atoms. The summed E-state index contributed by atoms with van der Waals surface area (Å²) in [7, 11) is 0. The molecule has 1 aliphatic heterocycles. The number of pyridine rings is 2. The van der Waals surface area contributed by atoms with E-state index in [0.717, 1.165) is 31.2 Å². The van der Waals surface area contributed by atoms with Crippen LogP contribution in [-0.4, -0.2) is 29.2 Å². The van der Waals surface area contributed by atoms with Gasteiger partial charge in [-0.05, 0) is 31.0 Å². The summed E-state index contributed by atoms with van der Waals surface area (Å²) in [6.45, 7) is 2.02. The van der Waals surface area contributed by atoms with Crippen LogP contribution in [0.2, 0.25) is 0 Å². The fourth-order valence-electron chi connectivity index (χ4n) is 3.66. The summed E-state index contributed by atoms with van der Waals surface area (Å²) in [6, 6.07) is 2.79. The molecule has 3 rings (SSSR count). The van der Waals surface area contributed by atoms with Crippen LogP contribution in [0.15, 0.2) is 24.4 Å². The van der Waals surface area contributed by atoms with E-state index in [1.807, 2.05) is 13.8 Å². The van der Waals surface area contributed by atoms with Gasteiger partial charge in [0, 0.05) is 23.4 Å². The van der Waals surface area contributed by atoms with E-state index in [2.05, 4.69) is 20.0 Å². The number of alkyl halides is 8. The highest BCUT2D eigenvalue weighted by atomic mass is 19.4. The molecule has 0 aromatic carbocycles. The highest BCUT2D eigenvalue weighted by molar-refractivity contribution is 5.89. The van der Waals surface area contributed by atoms with Gasteiger partial charge in [0.05, 0.1) is 16.8 Å². The highest BCUT2D eigenvalue weighted by Gasteiger charge is 2.49. The van der Waals surface area contributed by atoms with Crippen molar-refractivity contribution in [1.82, 2.24) is 9.97 Å². The SMILES string of the molecule is CCCCC(CC)c1cc(C(F)(F)F)cc(-c2ccnc3c2C(C(F)(F)F)OC(=O)N3)n1.FCF. The Labute approximate surface area is 195 Å². The summed E-state index contributed by atoms with van der Waals surface area (Å²) in [5.41, 5.74) is -1.98. The number of nitrogens with one attached hydrogen (secondary N) is 1. The van der Waals surface area contributed by atoms with E-state index >= 15 is 0 Å². The van der Waals surface area contributed by atoms with Crippen molar-refractivity contribution in [2.24, 2.45) is 0 Å². The van der Waals surface area contributed by atoms with Gasteiger partial charge in [0.15, 0.2) is 0 Å². The van der Waals surface area contributed by atoms with Crippen LogP contribution in [-0.2, 0) is 10.9 Å². The van der Waals surface area contributed by atoms with Crippen LogP contribution >= 0.6 is 0 Å². The van der Waals surface area contributed by atoms with Gasteiger partial charge in [0.25, 0.3) is 0 Å². The molecule has 0 fully saturated rings. The fraction of sp³-hybridized carbons (Fsp3) is 0.500. The van der Waals surface area contributed by atoms with Gasteiger partial charge in [-0.2, -0.15) is 26.3 Å². The maximum atomic E-state index is 13.6. The van der Waals surface area contributed by atoms with Gasteiger partial charge in [-0.15, -0.1) is 0 Å². The molecule has 13 heteroatoms. The van der Waals surface area contributed by atoms with E-state index in [4.69, 9.17) is 0 Å². The molecule has 1 amide bonds. The van der Waals surface area contributed by atoms with Crippen LogP contribution in [0.1, 0.15) is 68.4 Å². The molecule has 1 N–H and O–H groups in total. The molecule has 2 aromatic rings. The molecule has 5 nitrogen and oxygen atoms in total. The number of carbonyl (C=O) groups excluding carboxylic acids is 1. The summed E-state index contributed by atoms with van der Waals surface area (Å²) < 4.78 is 105. The average molecular weight is 513 g/mol. The minimum Gasteiger partial charge on any atom is -0.431 e. The first-order valence-corrected chi connectivity index (χ1v) is 10.6. The van der Waals surface area contributed by atoms with Crippen molar-refractivity contribution in [3.8, 4) is 11.3 Å². The number of aromatic nitrogens is 2. The van der Waals surface area contributed by atoms with Crippen molar-refractivity contribution in [1.29, 1.82) is 0 Å². The van der Waals surface area contributed by atoms with Crippen LogP contribution in [0.25, 0.3) is 11.3 Å². The molecule has 1 aliphatic rings. The number of carbonyl (C=O) groups is 1. The Kier molecular flexibility index (Phi) is 9.38. The number of anilines is 1. The maximum absolute atomic E-state index is 13.6. The third-order valence-corrected chi connectivity index (χ3v) is 5.26. The van der Waals surface area contributed by atoms with E-state index in [1.54, 1.807) is 0 Å². The van der Waals surface area contributed by atoms with Gasteiger partial charge in [0.2, 0.25) is 13.0 Å². The quantitative estimate of drug-likeness (QED) is 0.399. The summed E-state index contributed by atoms with van der Waals surface area (Å²) >= 11 is 0. The van der Waals surface area contributed by atoms with E-state index < -0.39 is 48.4 Å². The monoisotopic (exact) mass is 513 g/mol. The van der Waals surface area contributed by atoms with Crippen molar-refractivity contribution in [2.75, 3.05) is 12.2 Å². The lowest BCUT2D eigenvalue weighted by molar-refractivity contribution is -0.206. The summed E-state index contributed by atoms with van der Waals surface area (Å²) in [5, 5.41) is 2.07. The molecule has 35 heavy (non-hydrogen) atoms. The number of fused-ring (bicyclic) bond motifs is 1. The van der Waals surface area contributed by atoms with Crippen molar-refractivity contribution in [2.45, 2.75) is 63.9 Å². The Hall–Kier alpha value is -2.99. The van der Waals surface area contributed by atoms with E-state index in [9.17, 15) is 39.9 Å². The first-order valence-electron chi connectivity index (χ1n) is 10.6. The largest absolute Gasteiger partial charge is 0.431 e. The zero-order chi connectivity index (χ0) is 26.4. The molecular weight excluding hydrogens is 490 g/mol. The van der Waals surface area contributed by atoms with E-state index in [-0.39, 0.29) is 22.9 Å². The average Bonchev–Trinajstić information content (AvgIpc) is 2.77. The first-order chi connectivity index (χ1) is 16.4. The van der Waals surface area contributed by atoms with Crippen LogP contribution in [0, 0.1) is 0 Å². The van der Waals surface area contributed by atoms with Crippen molar-refractivity contribution in [3.05, 3.63) is 41.2 Å². The van der Waals surface area contributed by atoms with E-state index in [0.29, 0.717) is 18.9 Å². The summed E-state index contributed by atoms with van der Waals surface area (Å²) in [5.74, 6) is -0.720. The zero-order valence-corrected chi connectivity index (χ0v) is 18.7. The lowest BCUT2D eigenvalue weighted by Crippen LogP contribution is -2.34. The molecule has 3 heterocycles. The third-order valence-electron chi connectivity index (χ3n) is 5.26. The zero-order valence-electron chi connectivity index (χ0n) is 18.7. The number of amides is 1. The second-order valence-electron chi connectivity index (χ2n) is 7.58. The second-order valence-corrected chi connectivity index (χ2v) is 7.58. The fourth-order valence-corrected chi connectivity index (χ4v) is 3.66. The summed E-state index contributed by atoms with van der Waals surface area (Å²) in [6.07, 6.45) is -9.94. The highest BCUT2D eigenvalue weighted by Crippen LogP contribution is 2.46. The number of cyclic esters (lactones) is 1. The van der Waals surface area contributed by atoms with Crippen LogP contribution < -0.4 is 5.32 Å². The minimum absolute atomic E-state index is 0.153. The van der Waals surface area contributed by atoms with Gasteiger partial charge < -0.3 is 4.74 Å². The summed E-state index contributed by atoms with van der Waals surface area (Å²) in [4.78, 5) is 19.6. The second kappa shape index (κ2) is 11.6. The normalized spacial score (nSPS) is 16.4. The van der Waals surface area contributed by atoms with Crippen molar-refractivity contribution in [3.63, 3.8) is 0 Å². The van der Waals surface area contributed by atoms with Crippen LogP contribution in [0.4, 0.5) is 45.7 Å². The predicted molar refractivity (Wildman–Crippen MR) is 111 cm³/mol. The molecule has 0 spiro atoms. The smallest absolute Gasteiger partial charge is 0.430 e. The van der Waals surface area contributed by atoms with Gasteiger partial charge in [-0.25, -0.2) is 18.6 Å². The topological polar surface area (TPSA) is 64.1 Å². The Morgan fingerprint density at radius 2 is 1.77 bits per heavy atom. The number of hydrogen-bond acceptors (Lipinski definition) is 4. The molecule has 194 valence electrons. The third kappa shape index (κ3) is 7.01. The predicted octanol–water partition coefficient (Wildman–Crippen LogP) is 7.89. The lowest BCUT2D eigenvalue weighted by atomic mass is 9.92. The van der Waals surface area contributed by atoms with Gasteiger partial charge in [-0.1, -0.05) is 26.7 Å². The molecule has 0 saturated carbocycles. The lowest BCUT2D eigenvalue weighted by Gasteiger charge is -2.29. The Bertz CT molecular complexity index is 1010. The maximum Gasteiger partial charge on any atom is 0.430 e. The first kappa shape index (κ1) is 28.2. The van der Waals surface area contributed by atoms with Crippen LogP contribution in [0.3, 0.4) is 0 Å². The van der Waals surface area contributed by atoms with Crippen LogP contribution in [0.5, 0.6) is 0 Å². The molecule has 2 atom stereocenters. The number of nitrogens with zero attached hydrogens (tertiary/aromatic N) is 2. The molecule has 0 saturated heterocycles. The Morgan fingerprint density at radius 3 is 2.31 bits per heavy atom. The molecule has 2 aromatic heterocycles. The number of hydrogen-bond donors (Lipinski definition) is 1. The molecule has 0 aliphatic carbocycles. The molecular formula is C22H23F8N3O2. The number of ether oxygens (including phenoxy) is 1. The van der Waals surface area contributed by atoms with E-state index in [1.165, 1.54) is 0 Å². The Morgan fingerprint density at radius 1 is 1.11 bits per heavy atom. The number of halogens is 8. The minimum atomic E-state index is -5.00. The van der Waals surface area contributed by atoms with Gasteiger partial charge in [0.1, 0.15) is 5.82 Å². The van der Waals surface area contributed by atoms with Gasteiger partial charge in [-0.3, -0.25) is 10.3 Å². The standard InChI is InChI=1S/C21H21F6N3O2.CH2F2/c1-3-5-6-11(4-2)14-9-12(20(22,23)24)10-15(29-14)13-7-8-28-18-16(13)17(21(25,26)27)32-19(31)30-18;2-1-3/h7-11,17H,3-6H2,1-2H3,(H,28,30,31);1H2. The van der Waals surface area contributed by atoms with Crippen molar-refractivity contribution < 1.29 is 44.7 Å². The number of rotatable bonds is 6. The van der Waals surface area contributed by atoms with Gasteiger partial charge >= 0.3 is 18.4 Å². The number of unbranched alkanes of at least 4 members (excludes halogenated alkanes) is 1. The molecule has 0 radical (unpaired) electrons. The van der Waals surface area contributed by atoms with Crippen molar-refractivity contribution >= 4 is 11.9 Å².